The van der Waals surface area contributed by atoms with Crippen LogP contribution in [0.15, 0.2) is 30.3 Å². The predicted molar refractivity (Wildman–Crippen MR) is 63.7 cm³/mol. The molecule has 1 amide bonds. The van der Waals surface area contributed by atoms with Gasteiger partial charge in [-0.3, -0.25) is 4.79 Å². The third kappa shape index (κ3) is 5.07. The Bertz CT molecular complexity index is 459. The van der Waals surface area contributed by atoms with Crippen LogP contribution in [0.2, 0.25) is 0 Å². The Kier molecular flexibility index (Phi) is 5.34. The molecule has 0 spiro atoms. The lowest BCUT2D eigenvalue weighted by Crippen LogP contribution is -2.43. The first-order chi connectivity index (χ1) is 9.02. The van der Waals surface area contributed by atoms with E-state index in [0.717, 1.165) is 7.11 Å². The normalized spacial score (nSPS) is 11.2. The van der Waals surface area contributed by atoms with Crippen molar-refractivity contribution in [3.8, 4) is 5.75 Å². The second-order valence-corrected chi connectivity index (χ2v) is 3.52. The molecule has 102 valence electrons. The van der Waals surface area contributed by atoms with E-state index in [1.165, 1.54) is 12.1 Å². The molecular formula is C12H13NO6. The van der Waals surface area contributed by atoms with Crippen LogP contribution < -0.4 is 10.1 Å². The van der Waals surface area contributed by atoms with Gasteiger partial charge in [0.05, 0.1) is 13.5 Å². The molecule has 0 unspecified atom stereocenters. The summed E-state index contributed by atoms with van der Waals surface area (Å²) in [4.78, 5) is 33.3. The summed E-state index contributed by atoms with van der Waals surface area (Å²) >= 11 is 0. The van der Waals surface area contributed by atoms with E-state index in [1.54, 1.807) is 18.2 Å². The minimum atomic E-state index is -1.40. The van der Waals surface area contributed by atoms with Gasteiger partial charge in [-0.05, 0) is 12.1 Å². The van der Waals surface area contributed by atoms with Gasteiger partial charge in [0.25, 0.3) is 0 Å². The zero-order chi connectivity index (χ0) is 14.3. The molecule has 0 heterocycles. The molecule has 7 nitrogen and oxygen atoms in total. The van der Waals surface area contributed by atoms with Gasteiger partial charge in [0, 0.05) is 0 Å². The van der Waals surface area contributed by atoms with Gasteiger partial charge in [-0.1, -0.05) is 18.2 Å². The number of esters is 1. The minimum Gasteiger partial charge on any atom is -0.480 e. The molecule has 0 saturated carbocycles. The van der Waals surface area contributed by atoms with E-state index in [4.69, 9.17) is 9.84 Å². The molecule has 1 rings (SSSR count). The maximum absolute atomic E-state index is 11.4. The lowest BCUT2D eigenvalue weighted by Gasteiger charge is -2.13. The number of para-hydroxylation sites is 1. The summed E-state index contributed by atoms with van der Waals surface area (Å²) in [6.07, 6.45) is -1.43. The number of carboxylic acids is 1. The first-order valence-corrected chi connectivity index (χ1v) is 5.36. The van der Waals surface area contributed by atoms with E-state index in [1.807, 2.05) is 0 Å². The van der Waals surface area contributed by atoms with E-state index in [0.29, 0.717) is 0 Å². The number of amides is 1. The van der Waals surface area contributed by atoms with Crippen molar-refractivity contribution in [1.82, 2.24) is 5.32 Å². The number of methoxy groups -OCH3 is 1. The van der Waals surface area contributed by atoms with Crippen molar-refractivity contribution >= 4 is 18.0 Å². The standard InChI is InChI=1S/C12H13NO6/c1-18-10(14)7-9(11(15)16)13-12(17)19-8-5-3-2-4-6-8/h2-6,9H,7H2,1H3,(H,13,17)(H,15,16)/t9-/m0/s1. The second kappa shape index (κ2) is 7.00. The minimum absolute atomic E-state index is 0.266. The molecule has 1 aromatic rings. The molecule has 19 heavy (non-hydrogen) atoms. The van der Waals surface area contributed by atoms with Crippen molar-refractivity contribution in [3.63, 3.8) is 0 Å². The number of carbonyl (C=O) groups is 3. The van der Waals surface area contributed by atoms with Crippen LogP contribution in [0, 0.1) is 0 Å². The van der Waals surface area contributed by atoms with Gasteiger partial charge in [-0.15, -0.1) is 0 Å². The topological polar surface area (TPSA) is 102 Å². The number of nitrogens with one attached hydrogen (secondary N) is 1. The SMILES string of the molecule is COC(=O)C[C@H](NC(=O)Oc1ccccc1)C(=O)O. The number of rotatable bonds is 5. The molecule has 1 atom stereocenters. The van der Waals surface area contributed by atoms with Gasteiger partial charge in [-0.2, -0.15) is 0 Å². The van der Waals surface area contributed by atoms with E-state index in [2.05, 4.69) is 10.1 Å². The van der Waals surface area contributed by atoms with Crippen molar-refractivity contribution in [3.05, 3.63) is 30.3 Å². The summed E-state index contributed by atoms with van der Waals surface area (Å²) in [6, 6.07) is 6.73. The molecule has 0 aliphatic heterocycles. The van der Waals surface area contributed by atoms with Crippen LogP contribution in [0.4, 0.5) is 4.79 Å². The number of carbonyl (C=O) groups excluding carboxylic acids is 2. The summed E-state index contributed by atoms with van der Waals surface area (Å²) in [5.41, 5.74) is 0. The Morgan fingerprint density at radius 2 is 1.89 bits per heavy atom. The fraction of sp³-hybridized carbons (Fsp3) is 0.250. The summed E-state index contributed by atoms with van der Waals surface area (Å²) < 4.78 is 9.18. The number of ether oxygens (including phenoxy) is 2. The molecule has 0 saturated heterocycles. The highest BCUT2D eigenvalue weighted by Gasteiger charge is 2.24. The molecule has 0 radical (unpaired) electrons. The molecule has 7 heteroatoms. The van der Waals surface area contributed by atoms with Gasteiger partial charge >= 0.3 is 18.0 Å². The van der Waals surface area contributed by atoms with Crippen molar-refractivity contribution in [2.75, 3.05) is 7.11 Å². The van der Waals surface area contributed by atoms with Crippen LogP contribution >= 0.6 is 0 Å². The number of aliphatic carboxylic acids is 1. The molecule has 2 N–H and O–H groups in total. The van der Waals surface area contributed by atoms with Crippen molar-refractivity contribution in [1.29, 1.82) is 0 Å². The van der Waals surface area contributed by atoms with E-state index >= 15 is 0 Å². The number of carboxylic acid groups (broad SMARTS) is 1. The monoisotopic (exact) mass is 267 g/mol. The predicted octanol–water partition coefficient (Wildman–Crippen LogP) is 0.791. The van der Waals surface area contributed by atoms with E-state index in [9.17, 15) is 14.4 Å². The van der Waals surface area contributed by atoms with Crippen LogP contribution in [0.1, 0.15) is 6.42 Å². The van der Waals surface area contributed by atoms with E-state index in [-0.39, 0.29) is 5.75 Å². The smallest absolute Gasteiger partial charge is 0.413 e. The third-order valence-corrected chi connectivity index (χ3v) is 2.14. The van der Waals surface area contributed by atoms with Crippen molar-refractivity contribution < 1.29 is 29.0 Å². The number of hydrogen-bond donors (Lipinski definition) is 2. The second-order valence-electron chi connectivity index (χ2n) is 3.52. The van der Waals surface area contributed by atoms with E-state index < -0.39 is 30.5 Å². The fourth-order valence-corrected chi connectivity index (χ4v) is 1.22. The molecule has 0 aliphatic rings. The third-order valence-electron chi connectivity index (χ3n) is 2.14. The van der Waals surface area contributed by atoms with Crippen LogP contribution in [0.5, 0.6) is 5.75 Å². The van der Waals surface area contributed by atoms with Crippen molar-refractivity contribution in [2.45, 2.75) is 12.5 Å². The van der Waals surface area contributed by atoms with Gasteiger partial charge in [0.2, 0.25) is 0 Å². The van der Waals surface area contributed by atoms with Crippen LogP contribution in [0.3, 0.4) is 0 Å². The molecule has 1 aromatic carbocycles. The van der Waals surface area contributed by atoms with Gasteiger partial charge in [0.1, 0.15) is 11.8 Å². The van der Waals surface area contributed by atoms with Gasteiger partial charge in [-0.25, -0.2) is 9.59 Å². The Balaban J connectivity index is 2.57. The van der Waals surface area contributed by atoms with Crippen LogP contribution in [0.25, 0.3) is 0 Å². The fourth-order valence-electron chi connectivity index (χ4n) is 1.22. The molecule has 0 bridgehead atoms. The van der Waals surface area contributed by atoms with Crippen molar-refractivity contribution in [2.24, 2.45) is 0 Å². The average molecular weight is 267 g/mol. The zero-order valence-electron chi connectivity index (χ0n) is 10.2. The largest absolute Gasteiger partial charge is 0.480 e. The molecule has 0 aromatic heterocycles. The average Bonchev–Trinajstić information content (AvgIpc) is 2.38. The summed E-state index contributed by atoms with van der Waals surface area (Å²) in [5.74, 6) is -1.83. The maximum atomic E-state index is 11.4. The molecular weight excluding hydrogens is 254 g/mol. The highest BCUT2D eigenvalue weighted by Crippen LogP contribution is 2.08. The van der Waals surface area contributed by atoms with Gasteiger partial charge < -0.3 is 19.9 Å². The summed E-state index contributed by atoms with van der Waals surface area (Å²) in [5, 5.41) is 10.9. The van der Waals surface area contributed by atoms with Crippen LogP contribution in [-0.4, -0.2) is 36.3 Å². The Morgan fingerprint density at radius 3 is 2.42 bits per heavy atom. The van der Waals surface area contributed by atoms with Crippen LogP contribution in [-0.2, 0) is 14.3 Å². The first-order valence-electron chi connectivity index (χ1n) is 5.36. The Morgan fingerprint density at radius 1 is 1.26 bits per heavy atom. The summed E-state index contributed by atoms with van der Waals surface area (Å²) in [6.45, 7) is 0. The Hall–Kier alpha value is -2.57. The Labute approximate surface area is 109 Å². The lowest BCUT2D eigenvalue weighted by atomic mass is 10.2. The first kappa shape index (κ1) is 14.5. The van der Waals surface area contributed by atoms with Gasteiger partial charge in [0.15, 0.2) is 0 Å². The number of hydrogen-bond acceptors (Lipinski definition) is 5. The zero-order valence-corrected chi connectivity index (χ0v) is 10.2. The lowest BCUT2D eigenvalue weighted by molar-refractivity contribution is -0.147. The molecule has 0 fully saturated rings. The maximum Gasteiger partial charge on any atom is 0.413 e. The quantitative estimate of drug-likeness (QED) is 0.765. The number of benzene rings is 1. The summed E-state index contributed by atoms with van der Waals surface area (Å²) in [7, 11) is 1.13. The highest BCUT2D eigenvalue weighted by molar-refractivity contribution is 5.85. The molecule has 0 aliphatic carbocycles. The highest BCUT2D eigenvalue weighted by atomic mass is 16.6.